The highest BCUT2D eigenvalue weighted by Crippen LogP contribution is 2.31. The van der Waals surface area contributed by atoms with Crippen molar-refractivity contribution < 1.29 is 4.79 Å². The number of carbonyl (C=O) groups is 1. The molecule has 0 N–H and O–H groups in total. The zero-order valence-electron chi connectivity index (χ0n) is 8.79. The first-order chi connectivity index (χ1) is 7.24. The number of hydrogen-bond donors (Lipinski definition) is 0. The Hall–Kier alpha value is -1.02. The molecule has 1 saturated heterocycles. The summed E-state index contributed by atoms with van der Waals surface area (Å²) in [5, 5.41) is 0.592. The number of rotatable bonds is 2. The summed E-state index contributed by atoms with van der Waals surface area (Å²) in [7, 11) is 0. The molecule has 2 rings (SSSR count). The second-order valence-corrected chi connectivity index (χ2v) is 4.30. The molecule has 1 aliphatic rings. The minimum absolute atomic E-state index is 0.581. The molecule has 0 unspecified atom stereocenters. The van der Waals surface area contributed by atoms with Crippen molar-refractivity contribution >= 4 is 23.6 Å². The van der Waals surface area contributed by atoms with E-state index in [2.05, 4.69) is 4.90 Å². The fourth-order valence-corrected chi connectivity index (χ4v) is 2.29. The van der Waals surface area contributed by atoms with Crippen LogP contribution in [0.5, 0.6) is 0 Å². The average molecular weight is 224 g/mol. The molecule has 0 aliphatic carbocycles. The molecular formula is C12H14ClNO. The van der Waals surface area contributed by atoms with Gasteiger partial charge in [0, 0.05) is 24.3 Å². The largest absolute Gasteiger partial charge is 0.371 e. The van der Waals surface area contributed by atoms with Gasteiger partial charge in [-0.1, -0.05) is 11.6 Å². The molecule has 3 heteroatoms. The van der Waals surface area contributed by atoms with Crippen molar-refractivity contribution in [2.24, 2.45) is 0 Å². The number of benzene rings is 1. The van der Waals surface area contributed by atoms with E-state index in [1.54, 1.807) is 6.07 Å². The zero-order chi connectivity index (χ0) is 10.8. The van der Waals surface area contributed by atoms with Gasteiger partial charge in [0.25, 0.3) is 0 Å². The van der Waals surface area contributed by atoms with E-state index in [4.69, 9.17) is 11.6 Å². The number of nitrogens with zero attached hydrogens (tertiary/aromatic N) is 1. The quantitative estimate of drug-likeness (QED) is 0.719. The van der Waals surface area contributed by atoms with E-state index in [1.807, 2.05) is 13.0 Å². The molecule has 1 aliphatic heterocycles. The third kappa shape index (κ3) is 1.86. The van der Waals surface area contributed by atoms with Crippen molar-refractivity contribution in [1.82, 2.24) is 0 Å². The van der Waals surface area contributed by atoms with Crippen LogP contribution in [0.1, 0.15) is 28.8 Å². The van der Waals surface area contributed by atoms with Gasteiger partial charge >= 0.3 is 0 Å². The minimum Gasteiger partial charge on any atom is -0.371 e. The van der Waals surface area contributed by atoms with Crippen LogP contribution in [0, 0.1) is 6.92 Å². The topological polar surface area (TPSA) is 20.3 Å². The minimum atomic E-state index is 0.581. The summed E-state index contributed by atoms with van der Waals surface area (Å²) in [5.74, 6) is 0. The SMILES string of the molecule is Cc1c(N2CCCC2)ccc(C=O)c1Cl. The summed E-state index contributed by atoms with van der Waals surface area (Å²) < 4.78 is 0. The van der Waals surface area contributed by atoms with Crippen LogP contribution in [-0.4, -0.2) is 19.4 Å². The zero-order valence-corrected chi connectivity index (χ0v) is 9.55. The third-order valence-corrected chi connectivity index (χ3v) is 3.46. The van der Waals surface area contributed by atoms with Gasteiger partial charge in [-0.15, -0.1) is 0 Å². The molecule has 0 atom stereocenters. The predicted octanol–water partition coefficient (Wildman–Crippen LogP) is 3.06. The first kappa shape index (κ1) is 10.5. The van der Waals surface area contributed by atoms with Gasteiger partial charge in [-0.05, 0) is 37.5 Å². The number of carbonyl (C=O) groups excluding carboxylic acids is 1. The number of hydrogen-bond acceptors (Lipinski definition) is 2. The second-order valence-electron chi connectivity index (χ2n) is 3.92. The second kappa shape index (κ2) is 4.23. The Balaban J connectivity index is 2.40. The van der Waals surface area contributed by atoms with Crippen LogP contribution in [0.15, 0.2) is 12.1 Å². The molecule has 2 nitrogen and oxygen atoms in total. The van der Waals surface area contributed by atoms with E-state index in [0.29, 0.717) is 10.6 Å². The van der Waals surface area contributed by atoms with Gasteiger partial charge in [-0.2, -0.15) is 0 Å². The lowest BCUT2D eigenvalue weighted by Gasteiger charge is -2.21. The van der Waals surface area contributed by atoms with Gasteiger partial charge in [-0.3, -0.25) is 4.79 Å². The van der Waals surface area contributed by atoms with Crippen LogP contribution in [-0.2, 0) is 0 Å². The standard InChI is InChI=1S/C12H14ClNO/c1-9-11(14-6-2-3-7-14)5-4-10(8-15)12(9)13/h4-5,8H,2-3,6-7H2,1H3. The van der Waals surface area contributed by atoms with Crippen LogP contribution in [0.2, 0.25) is 5.02 Å². The number of anilines is 1. The van der Waals surface area contributed by atoms with E-state index >= 15 is 0 Å². The van der Waals surface area contributed by atoms with Crippen molar-refractivity contribution in [1.29, 1.82) is 0 Å². The Bertz CT molecular complexity index is 383. The maximum atomic E-state index is 10.7. The van der Waals surface area contributed by atoms with Crippen LogP contribution in [0.4, 0.5) is 5.69 Å². The van der Waals surface area contributed by atoms with Crippen LogP contribution >= 0.6 is 11.6 Å². The molecule has 0 radical (unpaired) electrons. The highest BCUT2D eigenvalue weighted by atomic mass is 35.5. The summed E-state index contributed by atoms with van der Waals surface area (Å²) in [6.07, 6.45) is 3.29. The van der Waals surface area contributed by atoms with Crippen molar-refractivity contribution in [3.63, 3.8) is 0 Å². The van der Waals surface area contributed by atoms with Gasteiger partial charge in [0.15, 0.2) is 6.29 Å². The predicted molar refractivity (Wildman–Crippen MR) is 63.0 cm³/mol. The Morgan fingerprint density at radius 2 is 2.00 bits per heavy atom. The third-order valence-electron chi connectivity index (χ3n) is 2.96. The molecule has 1 aromatic rings. The summed E-state index contributed by atoms with van der Waals surface area (Å²) in [4.78, 5) is 13.0. The van der Waals surface area contributed by atoms with E-state index in [0.717, 1.165) is 24.9 Å². The van der Waals surface area contributed by atoms with E-state index < -0.39 is 0 Å². The number of halogens is 1. The fourth-order valence-electron chi connectivity index (χ4n) is 2.09. The lowest BCUT2D eigenvalue weighted by molar-refractivity contribution is 0.112. The Kier molecular flexibility index (Phi) is 2.96. The summed E-state index contributed by atoms with van der Waals surface area (Å²) >= 11 is 6.12. The maximum absolute atomic E-state index is 10.7. The molecule has 80 valence electrons. The first-order valence-corrected chi connectivity index (χ1v) is 5.61. The van der Waals surface area contributed by atoms with Crippen LogP contribution in [0.3, 0.4) is 0 Å². The summed E-state index contributed by atoms with van der Waals surface area (Å²) in [6, 6.07) is 3.80. The number of aldehydes is 1. The Labute approximate surface area is 94.8 Å². The monoisotopic (exact) mass is 223 g/mol. The van der Waals surface area contributed by atoms with Gasteiger partial charge in [0.05, 0.1) is 5.02 Å². The van der Waals surface area contributed by atoms with Crippen molar-refractivity contribution in [3.05, 3.63) is 28.3 Å². The average Bonchev–Trinajstić information content (AvgIpc) is 2.75. The Morgan fingerprint density at radius 3 is 2.60 bits per heavy atom. The normalized spacial score (nSPS) is 15.7. The molecule has 0 saturated carbocycles. The van der Waals surface area contributed by atoms with Crippen molar-refractivity contribution in [2.45, 2.75) is 19.8 Å². The molecule has 1 fully saturated rings. The summed E-state index contributed by atoms with van der Waals surface area (Å²) in [6.45, 7) is 4.16. The maximum Gasteiger partial charge on any atom is 0.151 e. The first-order valence-electron chi connectivity index (χ1n) is 5.23. The lowest BCUT2D eigenvalue weighted by atomic mass is 10.1. The molecule has 0 aromatic heterocycles. The van der Waals surface area contributed by atoms with E-state index in [1.165, 1.54) is 18.5 Å². The molecule has 0 amide bonds. The summed E-state index contributed by atoms with van der Waals surface area (Å²) in [5.41, 5.74) is 2.77. The van der Waals surface area contributed by atoms with Gasteiger partial charge < -0.3 is 4.90 Å². The van der Waals surface area contributed by atoms with E-state index in [9.17, 15) is 4.79 Å². The van der Waals surface area contributed by atoms with Crippen molar-refractivity contribution in [3.8, 4) is 0 Å². The molecular weight excluding hydrogens is 210 g/mol. The van der Waals surface area contributed by atoms with Crippen LogP contribution in [0.25, 0.3) is 0 Å². The van der Waals surface area contributed by atoms with Gasteiger partial charge in [0.2, 0.25) is 0 Å². The molecule has 15 heavy (non-hydrogen) atoms. The lowest BCUT2D eigenvalue weighted by Crippen LogP contribution is -2.18. The highest BCUT2D eigenvalue weighted by molar-refractivity contribution is 6.34. The molecule has 0 bridgehead atoms. The highest BCUT2D eigenvalue weighted by Gasteiger charge is 2.16. The van der Waals surface area contributed by atoms with Crippen molar-refractivity contribution in [2.75, 3.05) is 18.0 Å². The van der Waals surface area contributed by atoms with E-state index in [-0.39, 0.29) is 0 Å². The van der Waals surface area contributed by atoms with Gasteiger partial charge in [0.1, 0.15) is 0 Å². The fraction of sp³-hybridized carbons (Fsp3) is 0.417. The molecule has 1 aromatic carbocycles. The molecule has 0 spiro atoms. The smallest absolute Gasteiger partial charge is 0.151 e. The Morgan fingerprint density at radius 1 is 1.33 bits per heavy atom. The van der Waals surface area contributed by atoms with Crippen LogP contribution < -0.4 is 4.90 Å². The molecule has 1 heterocycles. The van der Waals surface area contributed by atoms with Gasteiger partial charge in [-0.25, -0.2) is 0 Å².